The van der Waals surface area contributed by atoms with E-state index in [0.29, 0.717) is 17.1 Å². The van der Waals surface area contributed by atoms with E-state index in [9.17, 15) is 4.79 Å². The molecule has 1 heterocycles. The van der Waals surface area contributed by atoms with E-state index in [1.165, 1.54) is 0 Å². The van der Waals surface area contributed by atoms with Crippen molar-refractivity contribution >= 4 is 17.4 Å². The third-order valence-electron chi connectivity index (χ3n) is 1.52. The number of aromatic nitrogens is 1. The van der Waals surface area contributed by atoms with Gasteiger partial charge in [-0.3, -0.25) is 4.79 Å². The molecule has 0 bridgehead atoms. The van der Waals surface area contributed by atoms with Gasteiger partial charge in [-0.2, -0.15) is 0 Å². The number of rotatable bonds is 2. The molecule has 12 heavy (non-hydrogen) atoms. The third-order valence-corrected chi connectivity index (χ3v) is 1.74. The fourth-order valence-corrected chi connectivity index (χ4v) is 1.21. The zero-order chi connectivity index (χ0) is 9.14. The number of hydrogen-bond donors (Lipinski definition) is 0. The molecule has 0 saturated carbocycles. The summed E-state index contributed by atoms with van der Waals surface area (Å²) in [5, 5.41) is 0.569. The molecule has 1 rings (SSSR count). The Hall–Kier alpha value is -0.890. The van der Waals surface area contributed by atoms with Crippen LogP contribution in [0.4, 0.5) is 0 Å². The van der Waals surface area contributed by atoms with E-state index in [0.717, 1.165) is 5.69 Å². The van der Waals surface area contributed by atoms with Crippen molar-refractivity contribution in [2.24, 2.45) is 0 Å². The van der Waals surface area contributed by atoms with E-state index in [4.69, 9.17) is 11.6 Å². The van der Waals surface area contributed by atoms with Gasteiger partial charge in [-0.15, -0.1) is 0 Å². The van der Waals surface area contributed by atoms with Gasteiger partial charge >= 0.3 is 0 Å². The van der Waals surface area contributed by atoms with Gasteiger partial charge in [0, 0.05) is 17.1 Å². The molecule has 1 aromatic rings. The van der Waals surface area contributed by atoms with Crippen LogP contribution in [0.2, 0.25) is 5.02 Å². The minimum Gasteiger partial charge on any atom is -0.292 e. The number of nitrogens with zero attached hydrogens (tertiary/aromatic N) is 1. The van der Waals surface area contributed by atoms with Crippen molar-refractivity contribution in [3.05, 3.63) is 28.5 Å². The minimum absolute atomic E-state index is 0.0283. The van der Waals surface area contributed by atoms with Gasteiger partial charge in [-0.05, 0) is 19.1 Å². The lowest BCUT2D eigenvalue weighted by Crippen LogP contribution is -2.01. The summed E-state index contributed by atoms with van der Waals surface area (Å²) in [6.07, 6.45) is 0.465. The van der Waals surface area contributed by atoms with Crippen molar-refractivity contribution in [3.63, 3.8) is 0 Å². The molecule has 3 heteroatoms. The third kappa shape index (κ3) is 2.05. The molecule has 0 aliphatic rings. The van der Waals surface area contributed by atoms with Gasteiger partial charge in [-0.25, -0.2) is 4.98 Å². The Morgan fingerprint density at radius 1 is 1.58 bits per heavy atom. The van der Waals surface area contributed by atoms with Crippen molar-refractivity contribution in [3.8, 4) is 0 Å². The maximum absolute atomic E-state index is 11.2. The summed E-state index contributed by atoms with van der Waals surface area (Å²) >= 11 is 5.76. The van der Waals surface area contributed by atoms with Crippen LogP contribution in [0.5, 0.6) is 0 Å². The van der Waals surface area contributed by atoms with Crippen molar-refractivity contribution in [1.29, 1.82) is 0 Å². The van der Waals surface area contributed by atoms with Crippen LogP contribution in [-0.4, -0.2) is 10.8 Å². The SMILES string of the molecule is CCC(=O)c1cc(Cl)cc(C)n1. The predicted octanol–water partition coefficient (Wildman–Crippen LogP) is 2.64. The normalized spacial score (nSPS) is 9.92. The van der Waals surface area contributed by atoms with Gasteiger partial charge in [0.15, 0.2) is 5.78 Å². The molecule has 64 valence electrons. The molecule has 0 radical (unpaired) electrons. The Morgan fingerprint density at radius 2 is 2.25 bits per heavy atom. The van der Waals surface area contributed by atoms with Crippen LogP contribution >= 0.6 is 11.6 Å². The van der Waals surface area contributed by atoms with Crippen LogP contribution in [-0.2, 0) is 0 Å². The average Bonchev–Trinajstić information content (AvgIpc) is 2.01. The number of Topliss-reactive ketones (excluding diaryl/α,β-unsaturated/α-hetero) is 1. The number of carbonyl (C=O) groups excluding carboxylic acids is 1. The summed E-state index contributed by atoms with van der Waals surface area (Å²) in [5.41, 5.74) is 1.24. The molecular weight excluding hydrogens is 174 g/mol. The van der Waals surface area contributed by atoms with Gasteiger partial charge in [0.25, 0.3) is 0 Å². The topological polar surface area (TPSA) is 30.0 Å². The highest BCUT2D eigenvalue weighted by atomic mass is 35.5. The van der Waals surface area contributed by atoms with E-state index in [-0.39, 0.29) is 5.78 Å². The van der Waals surface area contributed by atoms with Gasteiger partial charge < -0.3 is 0 Å². The zero-order valence-electron chi connectivity index (χ0n) is 7.10. The molecule has 0 aliphatic carbocycles. The molecule has 0 unspecified atom stereocenters. The van der Waals surface area contributed by atoms with Crippen LogP contribution in [0.3, 0.4) is 0 Å². The van der Waals surface area contributed by atoms with Crippen molar-refractivity contribution in [2.75, 3.05) is 0 Å². The molecule has 0 fully saturated rings. The van der Waals surface area contributed by atoms with Gasteiger partial charge in [-0.1, -0.05) is 18.5 Å². The summed E-state index contributed by atoms with van der Waals surface area (Å²) in [7, 11) is 0. The molecule has 0 spiro atoms. The Labute approximate surface area is 76.6 Å². The summed E-state index contributed by atoms with van der Waals surface area (Å²) in [5.74, 6) is 0.0283. The van der Waals surface area contributed by atoms with Crippen LogP contribution in [0.1, 0.15) is 29.5 Å². The Morgan fingerprint density at radius 3 is 2.75 bits per heavy atom. The number of pyridine rings is 1. The van der Waals surface area contributed by atoms with E-state index >= 15 is 0 Å². The second-order valence-electron chi connectivity index (χ2n) is 2.59. The molecule has 0 saturated heterocycles. The Balaban J connectivity index is 3.08. The van der Waals surface area contributed by atoms with Gasteiger partial charge in [0.1, 0.15) is 5.69 Å². The summed E-state index contributed by atoms with van der Waals surface area (Å²) < 4.78 is 0. The molecular formula is C9H10ClNO. The first kappa shape index (κ1) is 9.20. The van der Waals surface area contributed by atoms with E-state index in [1.54, 1.807) is 19.1 Å². The molecule has 0 aromatic carbocycles. The number of halogens is 1. The first-order valence-electron chi connectivity index (χ1n) is 3.81. The van der Waals surface area contributed by atoms with E-state index in [2.05, 4.69) is 4.98 Å². The second kappa shape index (κ2) is 3.68. The molecule has 1 aromatic heterocycles. The fraction of sp³-hybridized carbons (Fsp3) is 0.333. The van der Waals surface area contributed by atoms with Crippen molar-refractivity contribution in [1.82, 2.24) is 4.98 Å². The largest absolute Gasteiger partial charge is 0.292 e. The summed E-state index contributed by atoms with van der Waals surface area (Å²) in [6, 6.07) is 3.33. The number of hydrogen-bond acceptors (Lipinski definition) is 2. The highest BCUT2D eigenvalue weighted by Gasteiger charge is 2.05. The standard InChI is InChI=1S/C9H10ClNO/c1-3-9(12)8-5-7(10)4-6(2)11-8/h4-5H,3H2,1-2H3. The number of carbonyl (C=O) groups is 1. The van der Waals surface area contributed by atoms with Crippen LogP contribution in [0.15, 0.2) is 12.1 Å². The maximum atomic E-state index is 11.2. The number of aryl methyl sites for hydroxylation is 1. The lowest BCUT2D eigenvalue weighted by molar-refractivity contribution is 0.0983. The van der Waals surface area contributed by atoms with Gasteiger partial charge in [0.05, 0.1) is 0 Å². The first-order chi connectivity index (χ1) is 5.63. The van der Waals surface area contributed by atoms with Crippen LogP contribution in [0.25, 0.3) is 0 Å². The maximum Gasteiger partial charge on any atom is 0.180 e. The number of ketones is 1. The summed E-state index contributed by atoms with van der Waals surface area (Å²) in [4.78, 5) is 15.3. The highest BCUT2D eigenvalue weighted by Crippen LogP contribution is 2.12. The molecule has 2 nitrogen and oxygen atoms in total. The molecule has 0 aliphatic heterocycles. The highest BCUT2D eigenvalue weighted by molar-refractivity contribution is 6.30. The van der Waals surface area contributed by atoms with Crippen molar-refractivity contribution in [2.45, 2.75) is 20.3 Å². The van der Waals surface area contributed by atoms with Crippen LogP contribution in [0, 0.1) is 6.92 Å². The van der Waals surface area contributed by atoms with Crippen LogP contribution < -0.4 is 0 Å². The fourth-order valence-electron chi connectivity index (χ4n) is 0.950. The van der Waals surface area contributed by atoms with E-state index in [1.807, 2.05) is 6.92 Å². The molecule has 0 N–H and O–H groups in total. The smallest absolute Gasteiger partial charge is 0.180 e. The van der Waals surface area contributed by atoms with Crippen molar-refractivity contribution < 1.29 is 4.79 Å². The lowest BCUT2D eigenvalue weighted by atomic mass is 10.2. The summed E-state index contributed by atoms with van der Waals surface area (Å²) in [6.45, 7) is 3.62. The second-order valence-corrected chi connectivity index (χ2v) is 3.03. The lowest BCUT2D eigenvalue weighted by Gasteiger charge is -1.99. The predicted molar refractivity (Wildman–Crippen MR) is 48.6 cm³/mol. The Bertz CT molecular complexity index is 289. The Kier molecular flexibility index (Phi) is 2.82. The van der Waals surface area contributed by atoms with Gasteiger partial charge in [0.2, 0.25) is 0 Å². The average molecular weight is 184 g/mol. The zero-order valence-corrected chi connectivity index (χ0v) is 7.85. The first-order valence-corrected chi connectivity index (χ1v) is 4.18. The molecule has 0 amide bonds. The quantitative estimate of drug-likeness (QED) is 0.660. The monoisotopic (exact) mass is 183 g/mol. The van der Waals surface area contributed by atoms with E-state index < -0.39 is 0 Å². The molecule has 0 atom stereocenters. The minimum atomic E-state index is 0.0283.